The topological polar surface area (TPSA) is 229 Å². The summed E-state index contributed by atoms with van der Waals surface area (Å²) in [6.07, 6.45) is 36.8. The zero-order chi connectivity index (χ0) is 85.3. The van der Waals surface area contributed by atoms with Gasteiger partial charge in [-0.15, -0.1) is 0 Å². The Morgan fingerprint density at radius 2 is 0.500 bits per heavy atom. The number of hydrogen-bond acceptors (Lipinski definition) is 18. The molecular formula is C102H138O18. The maximum absolute atomic E-state index is 13.1. The average molecular weight is 1650 g/mol. The number of rotatable bonds is 47. The van der Waals surface area contributed by atoms with Gasteiger partial charge >= 0.3 is 47.8 Å². The zero-order valence-corrected chi connectivity index (χ0v) is 72.9. The van der Waals surface area contributed by atoms with Crippen molar-refractivity contribution in [3.8, 4) is 56.8 Å². The second-order valence-electron chi connectivity index (χ2n) is 32.7. The van der Waals surface area contributed by atoms with Crippen LogP contribution in [0.2, 0.25) is 0 Å². The van der Waals surface area contributed by atoms with Crippen LogP contribution in [0.5, 0.6) is 34.5 Å². The van der Waals surface area contributed by atoms with Crippen LogP contribution in [0, 0.1) is 47.3 Å². The molecule has 4 aliphatic carbocycles. The van der Waals surface area contributed by atoms with E-state index in [0.29, 0.717) is 73.0 Å². The predicted molar refractivity (Wildman–Crippen MR) is 470 cm³/mol. The van der Waals surface area contributed by atoms with Crippen molar-refractivity contribution in [2.75, 3.05) is 39.6 Å². The molecule has 0 amide bonds. The van der Waals surface area contributed by atoms with Gasteiger partial charge in [0.1, 0.15) is 34.5 Å². The van der Waals surface area contributed by atoms with Crippen molar-refractivity contribution in [1.82, 2.24) is 0 Å². The van der Waals surface area contributed by atoms with Gasteiger partial charge in [-0.05, 0) is 296 Å². The van der Waals surface area contributed by atoms with Crippen molar-refractivity contribution in [2.24, 2.45) is 47.3 Å². The first-order valence-corrected chi connectivity index (χ1v) is 46.1. The maximum atomic E-state index is 13.1. The van der Waals surface area contributed by atoms with Crippen LogP contribution in [0.3, 0.4) is 0 Å². The molecule has 4 aliphatic rings. The highest BCUT2D eigenvalue weighted by Gasteiger charge is 2.36. The summed E-state index contributed by atoms with van der Waals surface area (Å²) < 4.78 is 55.9. The van der Waals surface area contributed by atoms with Gasteiger partial charge in [-0.3, -0.25) is 28.8 Å². The molecule has 0 unspecified atom stereocenters. The Kier molecular flexibility index (Phi) is 44.5. The summed E-state index contributed by atoms with van der Waals surface area (Å²) in [4.78, 5) is 101. The van der Waals surface area contributed by atoms with Crippen molar-refractivity contribution in [2.45, 2.75) is 286 Å². The molecule has 0 N–H and O–H groups in total. The van der Waals surface area contributed by atoms with Crippen molar-refractivity contribution in [3.63, 3.8) is 0 Å². The van der Waals surface area contributed by atoms with Gasteiger partial charge in [0, 0.05) is 0 Å². The third-order valence-corrected chi connectivity index (χ3v) is 24.2. The minimum Gasteiger partial charge on any atom is -0.494 e. The first kappa shape index (κ1) is 96.1. The lowest BCUT2D eigenvalue weighted by Gasteiger charge is -2.37. The van der Waals surface area contributed by atoms with E-state index in [4.69, 9.17) is 47.4 Å². The first-order chi connectivity index (χ1) is 58.7. The standard InChI is InChI=1S/C98H126O18.2C2H6/c1-3-5-11-19-71-21-25-73(26-22-71)75-29-37-81(38-30-75)95(103)113-87-53-57-89(58-54-87)115-97(105)83-41-33-77(34-42-83)79-45-49-85(50-46-79)107-65-13-7-9-15-67-109-91(99)61-63-93(101)111-69-17-18-70-112-94(102)64-62-92(100)110-68-16-10-8-14-66-108-86-51-47-80(48-52-86)78-35-43-84(44-36-78)98(106)116-90-59-55-88(56-60-90)114-96(104)82-39-31-76(32-40-82)74-27-23-72(24-28-74)20-12-6-4-2;2*1-2/h33-36,41-60,71-76,81-82H,3-32,37-40,61-70H2,1-2H3;2*1-2H3. The summed E-state index contributed by atoms with van der Waals surface area (Å²) in [5.41, 5.74) is 4.63. The first-order valence-electron chi connectivity index (χ1n) is 46.1. The lowest BCUT2D eigenvalue weighted by molar-refractivity contribution is -0.151. The van der Waals surface area contributed by atoms with E-state index in [1.54, 1.807) is 72.8 Å². The molecule has 0 aliphatic heterocycles. The molecule has 654 valence electrons. The number of carbonyl (C=O) groups excluding carboxylic acids is 8. The summed E-state index contributed by atoms with van der Waals surface area (Å²) in [7, 11) is 0. The van der Waals surface area contributed by atoms with E-state index in [-0.39, 0.29) is 75.9 Å². The Bertz CT molecular complexity index is 3660. The van der Waals surface area contributed by atoms with Crippen LogP contribution < -0.4 is 28.4 Å². The van der Waals surface area contributed by atoms with E-state index in [1.807, 2.05) is 100 Å². The zero-order valence-electron chi connectivity index (χ0n) is 72.9. The fourth-order valence-corrected chi connectivity index (χ4v) is 17.0. The van der Waals surface area contributed by atoms with Crippen LogP contribution in [0.25, 0.3) is 22.3 Å². The molecule has 0 aromatic heterocycles. The van der Waals surface area contributed by atoms with Gasteiger partial charge in [0.05, 0.1) is 88.3 Å². The molecule has 120 heavy (non-hydrogen) atoms. The maximum Gasteiger partial charge on any atom is 0.343 e. The Balaban J connectivity index is 0.00000441. The third-order valence-electron chi connectivity index (χ3n) is 24.2. The summed E-state index contributed by atoms with van der Waals surface area (Å²) in [6.45, 7) is 14.4. The van der Waals surface area contributed by atoms with Gasteiger partial charge in [0.25, 0.3) is 0 Å². The van der Waals surface area contributed by atoms with E-state index in [9.17, 15) is 38.4 Å². The van der Waals surface area contributed by atoms with E-state index in [0.717, 1.165) is 159 Å². The van der Waals surface area contributed by atoms with Gasteiger partial charge in [-0.25, -0.2) is 9.59 Å². The Labute approximate surface area is 715 Å². The molecule has 0 bridgehead atoms. The van der Waals surface area contributed by atoms with E-state index >= 15 is 0 Å². The second-order valence-corrected chi connectivity index (χ2v) is 32.7. The predicted octanol–water partition coefficient (Wildman–Crippen LogP) is 24.8. The van der Waals surface area contributed by atoms with Gasteiger partial charge in [0.2, 0.25) is 0 Å². The number of unbranched alkanes of at least 4 members (excludes halogenated alkanes) is 11. The van der Waals surface area contributed by atoms with Crippen LogP contribution in [0.4, 0.5) is 0 Å². The van der Waals surface area contributed by atoms with Gasteiger partial charge in [-0.2, -0.15) is 0 Å². The van der Waals surface area contributed by atoms with E-state index < -0.39 is 35.8 Å². The minimum absolute atomic E-state index is 0.0716. The Hall–Kier alpha value is -9.32. The monoisotopic (exact) mass is 1650 g/mol. The number of ether oxygens (including phenoxy) is 10. The molecule has 0 atom stereocenters. The molecule has 4 saturated carbocycles. The van der Waals surface area contributed by atoms with Gasteiger partial charge in [-0.1, -0.05) is 167 Å². The van der Waals surface area contributed by atoms with Gasteiger partial charge < -0.3 is 47.4 Å². The second kappa shape index (κ2) is 55.6. The average Bonchev–Trinajstić information content (AvgIpc) is 0.852. The molecule has 0 saturated heterocycles. The summed E-state index contributed by atoms with van der Waals surface area (Å²) >= 11 is 0. The fourth-order valence-electron chi connectivity index (χ4n) is 17.0. The Morgan fingerprint density at radius 1 is 0.258 bits per heavy atom. The molecule has 18 heteroatoms. The smallest absolute Gasteiger partial charge is 0.343 e. The van der Waals surface area contributed by atoms with Crippen LogP contribution >= 0.6 is 0 Å². The highest BCUT2D eigenvalue weighted by Crippen LogP contribution is 2.45. The quantitative estimate of drug-likeness (QED) is 0.0150. The number of esters is 8. The SMILES string of the molecule is CC.CC.CCCCCC1CCC(C2CCC(C(=O)Oc3ccc(OC(=O)c4ccc(-c5ccc(OCCCCCCOC(=O)CCC(=O)OCCCCOC(=O)CCC(=O)OCCCCCCOc6ccc(-c7ccc(C(=O)Oc8ccc(OC(=O)C9CCC(C%10CCC(CCCCC)CC%10)CC9)cc8)cc7)cc6)cc5)cc4)cc3)CC2)CC1. The molecule has 6 aromatic rings. The fraction of sp³-hybridized carbons (Fsp3) is 0.569. The largest absolute Gasteiger partial charge is 0.494 e. The highest BCUT2D eigenvalue weighted by molar-refractivity contribution is 5.92. The van der Waals surface area contributed by atoms with Crippen molar-refractivity contribution in [1.29, 1.82) is 0 Å². The summed E-state index contributed by atoms with van der Waals surface area (Å²) in [6, 6.07) is 43.3. The lowest BCUT2D eigenvalue weighted by Crippen LogP contribution is -2.30. The number of benzene rings is 6. The van der Waals surface area contributed by atoms with Crippen LogP contribution in [0.15, 0.2) is 146 Å². The van der Waals surface area contributed by atoms with Crippen LogP contribution in [-0.4, -0.2) is 87.4 Å². The molecule has 0 radical (unpaired) electrons. The lowest BCUT2D eigenvalue weighted by atomic mass is 9.68. The molecule has 10 rings (SSSR count). The molecule has 18 nitrogen and oxygen atoms in total. The number of hydrogen-bond donors (Lipinski definition) is 0. The third kappa shape index (κ3) is 35.0. The number of carbonyl (C=O) groups is 8. The van der Waals surface area contributed by atoms with Crippen LogP contribution in [0.1, 0.15) is 306 Å². The molecule has 0 spiro atoms. The highest BCUT2D eigenvalue weighted by atomic mass is 16.6. The van der Waals surface area contributed by atoms with Crippen molar-refractivity contribution >= 4 is 47.8 Å². The summed E-state index contributed by atoms with van der Waals surface area (Å²) in [5.74, 6) is 4.65. The van der Waals surface area contributed by atoms with Gasteiger partial charge in [0.15, 0.2) is 0 Å². The Morgan fingerprint density at radius 3 is 0.783 bits per heavy atom. The van der Waals surface area contributed by atoms with Crippen molar-refractivity contribution in [3.05, 3.63) is 157 Å². The minimum atomic E-state index is -0.510. The molecule has 0 heterocycles. The molecular weight excluding hydrogens is 1510 g/mol. The molecule has 6 aromatic carbocycles. The van der Waals surface area contributed by atoms with E-state index in [1.165, 1.54) is 103 Å². The van der Waals surface area contributed by atoms with Crippen LogP contribution in [-0.2, 0) is 47.7 Å². The van der Waals surface area contributed by atoms with Crippen molar-refractivity contribution < 1.29 is 85.7 Å². The summed E-state index contributed by atoms with van der Waals surface area (Å²) in [5, 5.41) is 0. The van der Waals surface area contributed by atoms with E-state index in [2.05, 4.69) is 13.8 Å². The normalized spacial score (nSPS) is 18.8. The molecule has 4 fully saturated rings.